The number of aliphatic hydroxyl groups excluding tert-OH is 1. The zero-order chi connectivity index (χ0) is 18.4. The van der Waals surface area contributed by atoms with Crippen LogP contribution in [0.1, 0.15) is 29.6 Å². The molecule has 4 N–H and O–H groups in total. The number of hydrogen-bond acceptors (Lipinski definition) is 6. The molecule has 1 atom stereocenters. The number of carboxylic acids is 1. The van der Waals surface area contributed by atoms with Crippen molar-refractivity contribution in [1.82, 2.24) is 9.62 Å². The van der Waals surface area contributed by atoms with E-state index in [9.17, 15) is 23.4 Å². The molecule has 1 saturated heterocycles. The highest BCUT2D eigenvalue weighted by Gasteiger charge is 2.20. The molecule has 0 aromatic heterocycles. The predicted octanol–water partition coefficient (Wildman–Crippen LogP) is 0.463. The number of sulfonamides is 1. The lowest BCUT2D eigenvalue weighted by Gasteiger charge is -2.31. The first-order valence-corrected chi connectivity index (χ1v) is 9.71. The topological polar surface area (TPSA) is 127 Å². The molecule has 25 heavy (non-hydrogen) atoms. The van der Waals surface area contributed by atoms with Gasteiger partial charge >= 0.3 is 5.97 Å². The van der Waals surface area contributed by atoms with Gasteiger partial charge in [-0.15, -0.1) is 0 Å². The third kappa shape index (κ3) is 5.40. The summed E-state index contributed by atoms with van der Waals surface area (Å²) >= 11 is 0. The molecule has 1 aromatic rings. The van der Waals surface area contributed by atoms with Crippen molar-refractivity contribution in [3.63, 3.8) is 0 Å². The Hall–Kier alpha value is -1.68. The molecule has 0 saturated carbocycles. The zero-order valence-electron chi connectivity index (χ0n) is 13.9. The highest BCUT2D eigenvalue weighted by atomic mass is 32.2. The summed E-state index contributed by atoms with van der Waals surface area (Å²) in [6, 6.07) is 3.16. The molecule has 0 spiro atoms. The van der Waals surface area contributed by atoms with E-state index in [0.717, 1.165) is 44.6 Å². The van der Waals surface area contributed by atoms with Crippen LogP contribution in [0.15, 0.2) is 23.1 Å². The number of aromatic carboxylic acids is 1. The molecular formula is C16H24N2O6S. The Labute approximate surface area is 147 Å². The molecule has 1 fully saturated rings. The standard InChI is InChI=1S/C16H24N2O6S/c19-11-12-3-1-7-18(10-12)8-2-6-17-25(23,24)13-4-5-15(20)14(9-13)16(21)22/h4-5,9,12,17,19-20H,1-3,6-8,10-11H2,(H,21,22). The van der Waals surface area contributed by atoms with Crippen molar-refractivity contribution >= 4 is 16.0 Å². The minimum atomic E-state index is -3.83. The van der Waals surface area contributed by atoms with E-state index in [1.54, 1.807) is 0 Å². The number of carboxylic acid groups (broad SMARTS) is 1. The monoisotopic (exact) mass is 372 g/mol. The predicted molar refractivity (Wildman–Crippen MR) is 91.1 cm³/mol. The highest BCUT2D eigenvalue weighted by Crippen LogP contribution is 2.21. The maximum Gasteiger partial charge on any atom is 0.339 e. The first-order chi connectivity index (χ1) is 11.8. The van der Waals surface area contributed by atoms with Gasteiger partial charge in [0.15, 0.2) is 0 Å². The van der Waals surface area contributed by atoms with Crippen LogP contribution in [0.3, 0.4) is 0 Å². The van der Waals surface area contributed by atoms with Gasteiger partial charge < -0.3 is 20.2 Å². The SMILES string of the molecule is O=C(O)c1cc(S(=O)(=O)NCCCN2CCCC(CO)C2)ccc1O. The highest BCUT2D eigenvalue weighted by molar-refractivity contribution is 7.89. The molecule has 0 radical (unpaired) electrons. The fourth-order valence-corrected chi connectivity index (χ4v) is 4.05. The zero-order valence-corrected chi connectivity index (χ0v) is 14.7. The van der Waals surface area contributed by atoms with Gasteiger partial charge in [0.05, 0.1) is 4.90 Å². The molecule has 0 amide bonds. The van der Waals surface area contributed by atoms with E-state index in [4.69, 9.17) is 5.11 Å². The number of nitrogens with one attached hydrogen (secondary N) is 1. The van der Waals surface area contributed by atoms with E-state index in [-0.39, 0.29) is 24.0 Å². The summed E-state index contributed by atoms with van der Waals surface area (Å²) in [5.74, 6) is -1.58. The first kappa shape index (κ1) is 19.6. The van der Waals surface area contributed by atoms with Crippen molar-refractivity contribution in [3.05, 3.63) is 23.8 Å². The number of aliphatic hydroxyl groups is 1. The number of nitrogens with zero attached hydrogens (tertiary/aromatic N) is 1. The minimum absolute atomic E-state index is 0.176. The molecule has 0 bridgehead atoms. The second-order valence-electron chi connectivity index (χ2n) is 6.23. The van der Waals surface area contributed by atoms with Crippen LogP contribution in [0.5, 0.6) is 5.75 Å². The van der Waals surface area contributed by atoms with E-state index in [0.29, 0.717) is 6.42 Å². The van der Waals surface area contributed by atoms with E-state index >= 15 is 0 Å². The maximum atomic E-state index is 12.2. The Balaban J connectivity index is 1.87. The van der Waals surface area contributed by atoms with Gasteiger partial charge in [-0.25, -0.2) is 17.9 Å². The van der Waals surface area contributed by atoms with Crippen molar-refractivity contribution in [1.29, 1.82) is 0 Å². The average molecular weight is 372 g/mol. The summed E-state index contributed by atoms with van der Waals surface area (Å²) < 4.78 is 26.9. The summed E-state index contributed by atoms with van der Waals surface area (Å²) in [6.45, 7) is 2.91. The van der Waals surface area contributed by atoms with Crippen LogP contribution in [0, 0.1) is 5.92 Å². The first-order valence-electron chi connectivity index (χ1n) is 8.22. The van der Waals surface area contributed by atoms with Crippen LogP contribution in [0.4, 0.5) is 0 Å². The lowest BCUT2D eigenvalue weighted by molar-refractivity contribution is 0.0693. The Bertz CT molecular complexity index is 707. The Morgan fingerprint density at radius 2 is 2.12 bits per heavy atom. The van der Waals surface area contributed by atoms with Gasteiger partial charge in [0.25, 0.3) is 0 Å². The molecule has 1 aliphatic heterocycles. The van der Waals surface area contributed by atoms with Gasteiger partial charge in [0, 0.05) is 19.7 Å². The van der Waals surface area contributed by atoms with Crippen LogP contribution in [0.2, 0.25) is 0 Å². The van der Waals surface area contributed by atoms with Gasteiger partial charge in [-0.05, 0) is 56.5 Å². The number of phenols is 1. The number of carbonyl (C=O) groups is 1. The van der Waals surface area contributed by atoms with Crippen LogP contribution in [0.25, 0.3) is 0 Å². The van der Waals surface area contributed by atoms with Gasteiger partial charge in [-0.2, -0.15) is 0 Å². The third-order valence-electron chi connectivity index (χ3n) is 4.31. The molecule has 2 rings (SSSR count). The van der Waals surface area contributed by atoms with Gasteiger partial charge in [-0.1, -0.05) is 0 Å². The van der Waals surface area contributed by atoms with Crippen molar-refractivity contribution < 1.29 is 28.5 Å². The van der Waals surface area contributed by atoms with Crippen molar-refractivity contribution in [2.75, 3.05) is 32.8 Å². The van der Waals surface area contributed by atoms with Crippen molar-refractivity contribution in [2.45, 2.75) is 24.2 Å². The van der Waals surface area contributed by atoms with Crippen LogP contribution < -0.4 is 4.72 Å². The number of benzene rings is 1. The second-order valence-corrected chi connectivity index (χ2v) is 7.99. The summed E-state index contributed by atoms with van der Waals surface area (Å²) in [6.07, 6.45) is 2.66. The molecule has 0 aliphatic carbocycles. The summed E-state index contributed by atoms with van der Waals surface area (Å²) in [5.41, 5.74) is -0.453. The molecule has 9 heteroatoms. The van der Waals surface area contributed by atoms with E-state index in [2.05, 4.69) is 9.62 Å². The van der Waals surface area contributed by atoms with Crippen molar-refractivity contribution in [2.24, 2.45) is 5.92 Å². The molecule has 1 unspecified atom stereocenters. The van der Waals surface area contributed by atoms with Crippen molar-refractivity contribution in [3.8, 4) is 5.75 Å². The Kier molecular flexibility index (Phi) is 6.77. The van der Waals surface area contributed by atoms with E-state index in [1.807, 2.05) is 0 Å². The fraction of sp³-hybridized carbons (Fsp3) is 0.562. The van der Waals surface area contributed by atoms with E-state index in [1.165, 1.54) is 6.07 Å². The minimum Gasteiger partial charge on any atom is -0.507 e. The largest absolute Gasteiger partial charge is 0.507 e. The summed E-state index contributed by atoms with van der Waals surface area (Å²) in [4.78, 5) is 13.0. The smallest absolute Gasteiger partial charge is 0.339 e. The number of likely N-dealkylation sites (tertiary alicyclic amines) is 1. The second kappa shape index (κ2) is 8.61. The molecule has 140 valence electrons. The summed E-state index contributed by atoms with van der Waals surface area (Å²) in [7, 11) is -3.83. The summed E-state index contributed by atoms with van der Waals surface area (Å²) in [5, 5.41) is 27.6. The fourth-order valence-electron chi connectivity index (χ4n) is 2.95. The average Bonchev–Trinajstić information content (AvgIpc) is 2.59. The van der Waals surface area contributed by atoms with Gasteiger partial charge in [0.1, 0.15) is 11.3 Å². The molecular weight excluding hydrogens is 348 g/mol. The normalized spacial score (nSPS) is 19.0. The molecule has 8 nitrogen and oxygen atoms in total. The van der Waals surface area contributed by atoms with Gasteiger partial charge in [-0.3, -0.25) is 0 Å². The number of piperidine rings is 1. The molecule has 1 aromatic carbocycles. The lowest BCUT2D eigenvalue weighted by Crippen LogP contribution is -2.38. The maximum absolute atomic E-state index is 12.2. The number of rotatable bonds is 8. The van der Waals surface area contributed by atoms with E-state index < -0.39 is 27.3 Å². The molecule has 1 aliphatic rings. The number of hydrogen-bond donors (Lipinski definition) is 4. The van der Waals surface area contributed by atoms with Gasteiger partial charge in [0.2, 0.25) is 10.0 Å². The quantitative estimate of drug-likeness (QED) is 0.488. The lowest BCUT2D eigenvalue weighted by atomic mass is 9.99. The van der Waals surface area contributed by atoms with Crippen LogP contribution in [-0.2, 0) is 10.0 Å². The Morgan fingerprint density at radius 1 is 1.36 bits per heavy atom. The third-order valence-corrected chi connectivity index (χ3v) is 5.77. The Morgan fingerprint density at radius 3 is 2.80 bits per heavy atom. The van der Waals surface area contributed by atoms with Crippen LogP contribution >= 0.6 is 0 Å². The molecule has 1 heterocycles. The number of aromatic hydroxyl groups is 1. The van der Waals surface area contributed by atoms with Crippen LogP contribution in [-0.4, -0.2) is 67.4 Å².